The molecule has 4 aromatic rings. The Morgan fingerprint density at radius 1 is 0.564 bits per heavy atom. The molecule has 0 saturated heterocycles. The highest BCUT2D eigenvalue weighted by Gasteiger charge is 2.20. The van der Waals surface area contributed by atoms with Crippen LogP contribution in [-0.4, -0.2) is 81.4 Å². The van der Waals surface area contributed by atoms with Crippen molar-refractivity contribution in [2.75, 3.05) is 79.6 Å². The predicted octanol–water partition coefficient (Wildman–Crippen LogP) is 9.63. The first-order valence-corrected chi connectivity index (χ1v) is 18.6. The molecule has 0 saturated carbocycles. The summed E-state index contributed by atoms with van der Waals surface area (Å²) in [5.41, 5.74) is 5.85. The SMILES string of the molecule is CCC(=Cc1ccc(N(CC)CC)cc1)C(=O)c1cc(OC)c(OC)c(OC)c1.COc1cc(C(=O)C(Br)=Cc2ccc(N(C)C)cc2)cc(OC)c1OC. The number of hydrogen-bond donors (Lipinski definition) is 0. The Labute approximate surface area is 334 Å². The maximum atomic E-state index is 13.2. The quantitative estimate of drug-likeness (QED) is 0.0758. The van der Waals surface area contributed by atoms with Gasteiger partial charge in [-0.05, 0) is 108 Å². The third-order valence-electron chi connectivity index (χ3n) is 8.81. The normalized spacial score (nSPS) is 11.1. The molecule has 0 N–H and O–H groups in total. The van der Waals surface area contributed by atoms with E-state index in [0.29, 0.717) is 56.5 Å². The van der Waals surface area contributed by atoms with Crippen LogP contribution in [0.25, 0.3) is 12.2 Å². The fourth-order valence-corrected chi connectivity index (χ4v) is 6.22. The Morgan fingerprint density at radius 3 is 1.29 bits per heavy atom. The third-order valence-corrected chi connectivity index (χ3v) is 9.40. The summed E-state index contributed by atoms with van der Waals surface area (Å²) in [4.78, 5) is 30.2. The number of ketones is 2. The second kappa shape index (κ2) is 21.5. The zero-order valence-corrected chi connectivity index (χ0v) is 35.3. The molecule has 0 spiro atoms. The summed E-state index contributed by atoms with van der Waals surface area (Å²) in [5, 5.41) is 0. The Kier molecular flexibility index (Phi) is 17.2. The van der Waals surface area contributed by atoms with Crippen molar-refractivity contribution < 1.29 is 38.0 Å². The molecule has 11 heteroatoms. The summed E-state index contributed by atoms with van der Waals surface area (Å²) < 4.78 is 32.4. The van der Waals surface area contributed by atoms with Gasteiger partial charge in [0.25, 0.3) is 0 Å². The molecule has 0 aliphatic carbocycles. The molecule has 0 aliphatic heterocycles. The molecule has 0 bridgehead atoms. The molecule has 10 nitrogen and oxygen atoms in total. The number of allylic oxidation sites excluding steroid dienone is 2. The van der Waals surface area contributed by atoms with Crippen molar-refractivity contribution in [1.29, 1.82) is 0 Å². The van der Waals surface area contributed by atoms with Crippen LogP contribution in [0.5, 0.6) is 34.5 Å². The molecule has 0 aliphatic rings. The zero-order valence-electron chi connectivity index (χ0n) is 33.7. The van der Waals surface area contributed by atoms with Gasteiger partial charge in [0.15, 0.2) is 34.6 Å². The van der Waals surface area contributed by atoms with Gasteiger partial charge in [0.05, 0.1) is 47.1 Å². The van der Waals surface area contributed by atoms with E-state index in [1.54, 1.807) is 51.7 Å². The highest BCUT2D eigenvalue weighted by molar-refractivity contribution is 9.12. The number of nitrogens with zero attached hydrogens (tertiary/aromatic N) is 2. The van der Waals surface area contributed by atoms with E-state index in [1.807, 2.05) is 68.4 Å². The minimum atomic E-state index is -0.180. The van der Waals surface area contributed by atoms with Gasteiger partial charge in [-0.15, -0.1) is 0 Å². The Balaban J connectivity index is 0.000000297. The average molecular weight is 818 g/mol. The fourth-order valence-electron chi connectivity index (χ4n) is 5.73. The van der Waals surface area contributed by atoms with Gasteiger partial charge in [0.1, 0.15) is 0 Å². The van der Waals surface area contributed by atoms with E-state index in [4.69, 9.17) is 28.4 Å². The van der Waals surface area contributed by atoms with Gasteiger partial charge in [0, 0.05) is 55.3 Å². The molecule has 4 rings (SSSR count). The van der Waals surface area contributed by atoms with E-state index < -0.39 is 0 Å². The highest BCUT2D eigenvalue weighted by Crippen LogP contribution is 2.40. The molecule has 0 atom stereocenters. The standard InChI is InChI=1S/C24H31NO4.C20H22BrNO4/c1-7-18(14-17-10-12-20(13-11-17)25(8-2)9-3)23(26)19-15-21(27-4)24(29-6)22(16-19)28-5;1-22(2)15-8-6-13(7-9-15)10-16(21)19(23)14-11-17(24-3)20(26-5)18(12-14)25-4/h10-16H,7-9H2,1-6H3;6-12H,1-5H3. The van der Waals surface area contributed by atoms with Crippen LogP contribution in [0.15, 0.2) is 82.9 Å². The summed E-state index contributed by atoms with van der Waals surface area (Å²) in [6.45, 7) is 8.19. The maximum absolute atomic E-state index is 13.2. The minimum Gasteiger partial charge on any atom is -0.493 e. The number of anilines is 2. The second-order valence-corrected chi connectivity index (χ2v) is 13.1. The van der Waals surface area contributed by atoms with Gasteiger partial charge in [0.2, 0.25) is 11.5 Å². The molecule has 0 radical (unpaired) electrons. The zero-order chi connectivity index (χ0) is 40.7. The number of halogens is 1. The van der Waals surface area contributed by atoms with Crippen molar-refractivity contribution in [3.8, 4) is 34.5 Å². The minimum absolute atomic E-state index is 0.0560. The van der Waals surface area contributed by atoms with E-state index in [-0.39, 0.29) is 11.6 Å². The van der Waals surface area contributed by atoms with Crippen LogP contribution in [0, 0.1) is 0 Å². The van der Waals surface area contributed by atoms with Crippen molar-refractivity contribution in [1.82, 2.24) is 0 Å². The van der Waals surface area contributed by atoms with Crippen LogP contribution in [0.3, 0.4) is 0 Å². The smallest absolute Gasteiger partial charge is 0.203 e. The topological polar surface area (TPSA) is 96.0 Å². The third kappa shape index (κ3) is 11.3. The second-order valence-electron chi connectivity index (χ2n) is 12.3. The highest BCUT2D eigenvalue weighted by atomic mass is 79.9. The van der Waals surface area contributed by atoms with Crippen molar-refractivity contribution in [3.63, 3.8) is 0 Å². The number of Topliss-reactive ketones (excluding diaryl/α,β-unsaturated/α-hetero) is 2. The van der Waals surface area contributed by atoms with E-state index in [0.717, 1.165) is 35.5 Å². The van der Waals surface area contributed by atoms with Gasteiger partial charge in [-0.2, -0.15) is 0 Å². The largest absolute Gasteiger partial charge is 0.493 e. The fraction of sp³-hybridized carbons (Fsp3) is 0.318. The molecule has 55 heavy (non-hydrogen) atoms. The lowest BCUT2D eigenvalue weighted by Crippen LogP contribution is -2.21. The lowest BCUT2D eigenvalue weighted by Gasteiger charge is -2.21. The van der Waals surface area contributed by atoms with Crippen LogP contribution < -0.4 is 38.2 Å². The van der Waals surface area contributed by atoms with Gasteiger partial charge in [-0.3, -0.25) is 9.59 Å². The monoisotopic (exact) mass is 816 g/mol. The molecule has 4 aromatic carbocycles. The molecule has 0 amide bonds. The van der Waals surface area contributed by atoms with Crippen LogP contribution >= 0.6 is 15.9 Å². The molecule has 0 fully saturated rings. The first-order valence-electron chi connectivity index (χ1n) is 17.8. The van der Waals surface area contributed by atoms with Crippen molar-refractivity contribution in [3.05, 3.63) is 105 Å². The first-order chi connectivity index (χ1) is 26.4. The molecular weight excluding hydrogens is 764 g/mol. The molecule has 0 unspecified atom stereocenters. The van der Waals surface area contributed by atoms with E-state index >= 15 is 0 Å². The van der Waals surface area contributed by atoms with Crippen molar-refractivity contribution >= 4 is 51.0 Å². The predicted molar refractivity (Wildman–Crippen MR) is 227 cm³/mol. The van der Waals surface area contributed by atoms with Gasteiger partial charge >= 0.3 is 0 Å². The van der Waals surface area contributed by atoms with Crippen molar-refractivity contribution in [2.24, 2.45) is 0 Å². The summed E-state index contributed by atoms with van der Waals surface area (Å²) in [5.74, 6) is 2.49. The van der Waals surface area contributed by atoms with E-state index in [9.17, 15) is 9.59 Å². The molecule has 294 valence electrons. The molecule has 0 heterocycles. The number of carbonyl (C=O) groups is 2. The van der Waals surface area contributed by atoms with E-state index in [1.165, 1.54) is 27.0 Å². The van der Waals surface area contributed by atoms with Gasteiger partial charge in [-0.25, -0.2) is 0 Å². The lowest BCUT2D eigenvalue weighted by atomic mass is 9.98. The van der Waals surface area contributed by atoms with E-state index in [2.05, 4.69) is 46.8 Å². The summed E-state index contributed by atoms with van der Waals surface area (Å²) in [7, 11) is 13.1. The number of hydrogen-bond acceptors (Lipinski definition) is 10. The maximum Gasteiger partial charge on any atom is 0.203 e. The van der Waals surface area contributed by atoms with Crippen molar-refractivity contribution in [2.45, 2.75) is 27.2 Å². The Morgan fingerprint density at radius 2 is 0.945 bits per heavy atom. The summed E-state index contributed by atoms with van der Waals surface area (Å²) >= 11 is 3.38. The Hall–Kier alpha value is -5.42. The van der Waals surface area contributed by atoms with Crippen LogP contribution in [-0.2, 0) is 0 Å². The van der Waals surface area contributed by atoms with Gasteiger partial charge < -0.3 is 38.2 Å². The average Bonchev–Trinajstić information content (AvgIpc) is 3.22. The number of benzene rings is 4. The molecular formula is C44H53BrN2O8. The van der Waals surface area contributed by atoms with Crippen LogP contribution in [0.4, 0.5) is 11.4 Å². The summed E-state index contributed by atoms with van der Waals surface area (Å²) in [6.07, 6.45) is 4.34. The number of rotatable bonds is 17. The van der Waals surface area contributed by atoms with Crippen LogP contribution in [0.2, 0.25) is 0 Å². The molecule has 0 aromatic heterocycles. The van der Waals surface area contributed by atoms with Gasteiger partial charge in [-0.1, -0.05) is 31.2 Å². The van der Waals surface area contributed by atoms with Crippen LogP contribution in [0.1, 0.15) is 59.0 Å². The summed E-state index contributed by atoms with van der Waals surface area (Å²) in [6, 6.07) is 22.8. The number of ether oxygens (including phenoxy) is 6. The number of methoxy groups -OCH3 is 6. The Bertz CT molecular complexity index is 1900. The lowest BCUT2D eigenvalue weighted by molar-refractivity contribution is 0.102. The number of carbonyl (C=O) groups excluding carboxylic acids is 2. The first kappa shape index (κ1) is 44.0.